The third-order valence-corrected chi connectivity index (χ3v) is 3.65. The van der Waals surface area contributed by atoms with E-state index in [1.807, 2.05) is 19.3 Å². The molecule has 1 aliphatic carbocycles. The molecule has 0 radical (unpaired) electrons. The van der Waals surface area contributed by atoms with Crippen LogP contribution in [0.2, 0.25) is 0 Å². The summed E-state index contributed by atoms with van der Waals surface area (Å²) < 4.78 is 0. The zero-order valence-corrected chi connectivity index (χ0v) is 10.4. The van der Waals surface area contributed by atoms with E-state index in [9.17, 15) is 0 Å². The highest BCUT2D eigenvalue weighted by atomic mass is 15.1. The van der Waals surface area contributed by atoms with Crippen LogP contribution in [0.3, 0.4) is 0 Å². The summed E-state index contributed by atoms with van der Waals surface area (Å²) in [5.41, 5.74) is 5.62. The van der Waals surface area contributed by atoms with E-state index < -0.39 is 0 Å². The normalized spacial score (nSPS) is 20.8. The van der Waals surface area contributed by atoms with E-state index in [0.717, 1.165) is 17.9 Å². The van der Waals surface area contributed by atoms with Crippen molar-refractivity contribution >= 4 is 0 Å². The van der Waals surface area contributed by atoms with Crippen molar-refractivity contribution in [3.8, 4) is 0 Å². The number of allylic oxidation sites excluding steroid dienone is 1. The Kier molecular flexibility index (Phi) is 2.93. The summed E-state index contributed by atoms with van der Waals surface area (Å²) in [4.78, 5) is 11.2. The predicted molar refractivity (Wildman–Crippen MR) is 67.5 cm³/mol. The summed E-state index contributed by atoms with van der Waals surface area (Å²) in [7, 11) is 0. The molecule has 0 unspecified atom stereocenters. The Bertz CT molecular complexity index is 435. The lowest BCUT2D eigenvalue weighted by Gasteiger charge is -2.28. The molecule has 1 saturated heterocycles. The van der Waals surface area contributed by atoms with Gasteiger partial charge in [0.15, 0.2) is 0 Å². The van der Waals surface area contributed by atoms with E-state index in [2.05, 4.69) is 14.9 Å². The van der Waals surface area contributed by atoms with E-state index in [-0.39, 0.29) is 0 Å². The average Bonchev–Trinajstić information content (AvgIpc) is 3.14. The molecule has 0 bridgehead atoms. The number of piperidine rings is 1. The van der Waals surface area contributed by atoms with Gasteiger partial charge in [0.05, 0.1) is 11.4 Å². The Morgan fingerprint density at radius 1 is 1.06 bits per heavy atom. The van der Waals surface area contributed by atoms with Gasteiger partial charge in [0.25, 0.3) is 0 Å². The van der Waals surface area contributed by atoms with E-state index in [4.69, 9.17) is 0 Å². The van der Waals surface area contributed by atoms with Crippen LogP contribution in [-0.2, 0) is 6.54 Å². The molecular weight excluding hydrogens is 210 g/mol. The van der Waals surface area contributed by atoms with Crippen LogP contribution in [0.5, 0.6) is 0 Å². The molecule has 0 amide bonds. The number of rotatable bonds is 2. The summed E-state index contributed by atoms with van der Waals surface area (Å²) in [6, 6.07) is 0. The van der Waals surface area contributed by atoms with Crippen molar-refractivity contribution in [2.75, 3.05) is 13.1 Å². The van der Waals surface area contributed by atoms with Crippen molar-refractivity contribution in [2.45, 2.75) is 39.2 Å². The van der Waals surface area contributed by atoms with Gasteiger partial charge in [-0.25, -0.2) is 0 Å². The van der Waals surface area contributed by atoms with Gasteiger partial charge in [-0.05, 0) is 32.6 Å². The molecular formula is C14H19N3. The van der Waals surface area contributed by atoms with Crippen LogP contribution in [0.1, 0.15) is 37.1 Å². The maximum Gasteiger partial charge on any atom is 0.0730 e. The standard InChI is InChI=1S/C14H19N3/c1-11-8-15-9-14(16-11)10-17-6-4-13(5-7-17)12-2-3-12/h8-9H,2-7,10H2,1H3. The van der Waals surface area contributed by atoms with Gasteiger partial charge in [-0.2, -0.15) is 0 Å². The van der Waals surface area contributed by atoms with Crippen molar-refractivity contribution in [1.82, 2.24) is 14.9 Å². The SMILES string of the molecule is Cc1cncc(CN2CCC(=C3CC3)CC2)n1. The van der Waals surface area contributed by atoms with Crippen LogP contribution in [0.15, 0.2) is 23.5 Å². The van der Waals surface area contributed by atoms with Crippen LogP contribution in [0, 0.1) is 6.92 Å². The molecule has 0 atom stereocenters. The van der Waals surface area contributed by atoms with Gasteiger partial charge in [0, 0.05) is 32.0 Å². The minimum absolute atomic E-state index is 0.956. The van der Waals surface area contributed by atoms with E-state index in [0.29, 0.717) is 0 Å². The minimum atomic E-state index is 0.956. The lowest BCUT2D eigenvalue weighted by molar-refractivity contribution is 0.244. The second-order valence-electron chi connectivity index (χ2n) is 5.14. The number of hydrogen-bond acceptors (Lipinski definition) is 3. The van der Waals surface area contributed by atoms with Gasteiger partial charge in [-0.1, -0.05) is 11.1 Å². The molecule has 1 saturated carbocycles. The van der Waals surface area contributed by atoms with Crippen molar-refractivity contribution in [3.05, 3.63) is 34.9 Å². The lowest BCUT2D eigenvalue weighted by atomic mass is 10.0. The van der Waals surface area contributed by atoms with Crippen molar-refractivity contribution in [1.29, 1.82) is 0 Å². The van der Waals surface area contributed by atoms with Gasteiger partial charge < -0.3 is 0 Å². The lowest BCUT2D eigenvalue weighted by Crippen LogP contribution is -2.30. The highest BCUT2D eigenvalue weighted by Gasteiger charge is 2.22. The molecule has 0 aromatic carbocycles. The van der Waals surface area contributed by atoms with Crippen molar-refractivity contribution in [2.24, 2.45) is 0 Å². The van der Waals surface area contributed by atoms with Gasteiger partial charge in [-0.3, -0.25) is 14.9 Å². The fraction of sp³-hybridized carbons (Fsp3) is 0.571. The first kappa shape index (κ1) is 10.9. The zero-order valence-electron chi connectivity index (χ0n) is 10.4. The second-order valence-corrected chi connectivity index (χ2v) is 5.14. The third-order valence-electron chi connectivity index (χ3n) is 3.65. The molecule has 2 heterocycles. The van der Waals surface area contributed by atoms with Crippen LogP contribution >= 0.6 is 0 Å². The Morgan fingerprint density at radius 3 is 2.41 bits per heavy atom. The maximum atomic E-state index is 4.52. The number of aryl methyl sites for hydroxylation is 1. The summed E-state index contributed by atoms with van der Waals surface area (Å²) >= 11 is 0. The molecule has 1 aliphatic heterocycles. The molecule has 1 aromatic rings. The molecule has 0 N–H and O–H groups in total. The zero-order chi connectivity index (χ0) is 11.7. The van der Waals surface area contributed by atoms with Crippen LogP contribution in [0.4, 0.5) is 0 Å². The first-order valence-electron chi connectivity index (χ1n) is 6.51. The van der Waals surface area contributed by atoms with Crippen LogP contribution < -0.4 is 0 Å². The van der Waals surface area contributed by atoms with Crippen molar-refractivity contribution < 1.29 is 0 Å². The Morgan fingerprint density at radius 2 is 1.76 bits per heavy atom. The molecule has 2 aliphatic rings. The van der Waals surface area contributed by atoms with E-state index in [1.54, 1.807) is 11.1 Å². The number of likely N-dealkylation sites (tertiary alicyclic amines) is 1. The van der Waals surface area contributed by atoms with Gasteiger partial charge in [-0.15, -0.1) is 0 Å². The summed E-state index contributed by atoms with van der Waals surface area (Å²) in [5, 5.41) is 0. The van der Waals surface area contributed by atoms with Crippen molar-refractivity contribution in [3.63, 3.8) is 0 Å². The number of aromatic nitrogens is 2. The third kappa shape index (κ3) is 2.72. The molecule has 2 fully saturated rings. The average molecular weight is 229 g/mol. The summed E-state index contributed by atoms with van der Waals surface area (Å²) in [6.45, 7) is 5.34. The Labute approximate surface area is 103 Å². The predicted octanol–water partition coefficient (Wildman–Crippen LogP) is 2.47. The van der Waals surface area contributed by atoms with Crippen LogP contribution in [0.25, 0.3) is 0 Å². The fourth-order valence-electron chi connectivity index (χ4n) is 2.57. The molecule has 3 rings (SSSR count). The van der Waals surface area contributed by atoms with E-state index >= 15 is 0 Å². The molecule has 90 valence electrons. The Balaban J connectivity index is 1.58. The summed E-state index contributed by atoms with van der Waals surface area (Å²) in [5.74, 6) is 0. The molecule has 3 nitrogen and oxygen atoms in total. The molecule has 0 spiro atoms. The maximum absolute atomic E-state index is 4.52. The quantitative estimate of drug-likeness (QED) is 0.729. The fourth-order valence-corrected chi connectivity index (χ4v) is 2.57. The molecule has 3 heteroatoms. The highest BCUT2D eigenvalue weighted by Crippen LogP contribution is 2.36. The molecule has 1 aromatic heterocycles. The number of hydrogen-bond donors (Lipinski definition) is 0. The second kappa shape index (κ2) is 4.57. The van der Waals surface area contributed by atoms with Gasteiger partial charge >= 0.3 is 0 Å². The molecule has 17 heavy (non-hydrogen) atoms. The number of nitrogens with zero attached hydrogens (tertiary/aromatic N) is 3. The first-order chi connectivity index (χ1) is 8.31. The smallest absolute Gasteiger partial charge is 0.0730 e. The topological polar surface area (TPSA) is 29.0 Å². The summed E-state index contributed by atoms with van der Waals surface area (Å²) in [6.07, 6.45) is 9.00. The largest absolute Gasteiger partial charge is 0.297 e. The highest BCUT2D eigenvalue weighted by molar-refractivity contribution is 5.26. The van der Waals surface area contributed by atoms with Crippen LogP contribution in [-0.4, -0.2) is 28.0 Å². The Hall–Kier alpha value is -1.22. The van der Waals surface area contributed by atoms with Gasteiger partial charge in [0.2, 0.25) is 0 Å². The minimum Gasteiger partial charge on any atom is -0.297 e. The monoisotopic (exact) mass is 229 g/mol. The van der Waals surface area contributed by atoms with Gasteiger partial charge in [0.1, 0.15) is 0 Å². The first-order valence-corrected chi connectivity index (χ1v) is 6.51. The van der Waals surface area contributed by atoms with E-state index in [1.165, 1.54) is 38.8 Å².